The molecule has 1 aromatic heterocycles. The molecule has 0 saturated carbocycles. The van der Waals surface area contributed by atoms with E-state index < -0.39 is 52.6 Å². The van der Waals surface area contributed by atoms with Crippen LogP contribution in [-0.2, 0) is 38.1 Å². The Morgan fingerprint density at radius 2 is 2.05 bits per heavy atom. The monoisotopic (exact) mass is 599 g/mol. The van der Waals surface area contributed by atoms with Gasteiger partial charge >= 0.3 is 11.9 Å². The molecule has 0 aromatic carbocycles. The van der Waals surface area contributed by atoms with Crippen molar-refractivity contribution in [2.24, 2.45) is 10.6 Å². The van der Waals surface area contributed by atoms with Crippen LogP contribution in [0.5, 0.6) is 0 Å². The zero-order valence-electron chi connectivity index (χ0n) is 22.8. The molecule has 3 heterocycles. The lowest BCUT2D eigenvalue weighted by molar-refractivity contribution is -0.190. The molecule has 1 aromatic rings. The number of aromatic nitrogens is 1. The Kier molecular flexibility index (Phi) is 10.5. The molecule has 0 radical (unpaired) electrons. The van der Waals surface area contributed by atoms with E-state index >= 15 is 0 Å². The first-order chi connectivity index (χ1) is 18.9. The van der Waals surface area contributed by atoms with Crippen LogP contribution in [-0.4, -0.2) is 94.9 Å². The minimum atomic E-state index is -1.22. The van der Waals surface area contributed by atoms with Crippen molar-refractivity contribution in [1.29, 1.82) is 0 Å². The SMILES string of the molecule is CCC(C)(C)C(=O)OC(C)OC(=O)C1=C(COCCOC)CS[C@@H]2C(NC(=O)/C(=N\O)c3csc(N)n3)C(=O)N12. The normalized spacial score (nSPS) is 20.0. The molecule has 2 unspecified atom stereocenters. The fourth-order valence-corrected chi connectivity index (χ4v) is 5.50. The summed E-state index contributed by atoms with van der Waals surface area (Å²) in [7, 11) is 1.53. The maximum atomic E-state index is 13.3. The van der Waals surface area contributed by atoms with Crippen molar-refractivity contribution in [3.8, 4) is 0 Å². The number of oxime groups is 1. The highest BCUT2D eigenvalue weighted by Crippen LogP contribution is 2.41. The number of β-lactam (4-membered cyclic amide) rings is 1. The van der Waals surface area contributed by atoms with Crippen molar-refractivity contribution in [1.82, 2.24) is 15.2 Å². The van der Waals surface area contributed by atoms with Crippen LogP contribution in [0.2, 0.25) is 0 Å². The van der Waals surface area contributed by atoms with E-state index in [0.29, 0.717) is 24.4 Å². The highest BCUT2D eigenvalue weighted by Gasteiger charge is 2.55. The second kappa shape index (κ2) is 13.4. The van der Waals surface area contributed by atoms with E-state index in [1.807, 2.05) is 6.92 Å². The Balaban J connectivity index is 1.77. The van der Waals surface area contributed by atoms with Crippen molar-refractivity contribution < 1.29 is 43.3 Å². The van der Waals surface area contributed by atoms with Crippen molar-refractivity contribution in [3.63, 3.8) is 0 Å². The summed E-state index contributed by atoms with van der Waals surface area (Å²) >= 11 is 2.36. The molecule has 40 heavy (non-hydrogen) atoms. The van der Waals surface area contributed by atoms with Crippen LogP contribution in [0, 0.1) is 5.41 Å². The second-order valence-electron chi connectivity index (χ2n) is 9.49. The average molecular weight is 600 g/mol. The van der Waals surface area contributed by atoms with Crippen LogP contribution in [0.3, 0.4) is 0 Å². The van der Waals surface area contributed by atoms with Gasteiger partial charge in [0.15, 0.2) is 10.8 Å². The molecule has 2 amide bonds. The number of hydrogen-bond acceptors (Lipinski definition) is 14. The number of ether oxygens (including phenoxy) is 4. The minimum Gasteiger partial charge on any atom is -0.425 e. The Morgan fingerprint density at radius 1 is 1.32 bits per heavy atom. The Hall–Kier alpha value is -3.21. The largest absolute Gasteiger partial charge is 0.425 e. The summed E-state index contributed by atoms with van der Waals surface area (Å²) in [5.41, 5.74) is 4.92. The van der Waals surface area contributed by atoms with Crippen molar-refractivity contribution >= 4 is 57.7 Å². The maximum Gasteiger partial charge on any atom is 0.358 e. The summed E-state index contributed by atoms with van der Waals surface area (Å²) in [4.78, 5) is 56.9. The van der Waals surface area contributed by atoms with Gasteiger partial charge in [-0.15, -0.1) is 23.1 Å². The van der Waals surface area contributed by atoms with Crippen LogP contribution in [0.4, 0.5) is 5.13 Å². The number of nitrogens with zero attached hydrogens (tertiary/aromatic N) is 3. The number of hydrogen-bond donors (Lipinski definition) is 3. The predicted octanol–water partition coefficient (Wildman–Crippen LogP) is 1.09. The molecule has 4 N–H and O–H groups in total. The lowest BCUT2D eigenvalue weighted by atomic mass is 9.91. The summed E-state index contributed by atoms with van der Waals surface area (Å²) < 4.78 is 21.3. The van der Waals surface area contributed by atoms with Gasteiger partial charge in [-0.3, -0.25) is 19.3 Å². The summed E-state index contributed by atoms with van der Waals surface area (Å²) in [6.45, 7) is 7.30. The third-order valence-corrected chi connectivity index (χ3v) is 8.31. The van der Waals surface area contributed by atoms with Crippen LogP contribution >= 0.6 is 23.1 Å². The molecule has 0 spiro atoms. The smallest absolute Gasteiger partial charge is 0.358 e. The molecular weight excluding hydrogens is 566 g/mol. The lowest BCUT2D eigenvalue weighted by Crippen LogP contribution is -2.71. The van der Waals surface area contributed by atoms with Crippen LogP contribution in [0.15, 0.2) is 21.8 Å². The quantitative estimate of drug-likeness (QED) is 0.0557. The van der Waals surface area contributed by atoms with E-state index in [9.17, 15) is 24.4 Å². The van der Waals surface area contributed by atoms with E-state index in [2.05, 4.69) is 15.5 Å². The van der Waals surface area contributed by atoms with Gasteiger partial charge in [-0.25, -0.2) is 9.78 Å². The highest BCUT2D eigenvalue weighted by atomic mass is 32.2. The van der Waals surface area contributed by atoms with Gasteiger partial charge in [-0.1, -0.05) is 12.1 Å². The number of thiazole rings is 1. The number of carbonyl (C=O) groups excluding carboxylic acids is 4. The van der Waals surface area contributed by atoms with Gasteiger partial charge in [0, 0.05) is 25.2 Å². The fourth-order valence-electron chi connectivity index (χ4n) is 3.62. The Morgan fingerprint density at radius 3 is 2.65 bits per heavy atom. The van der Waals surface area contributed by atoms with E-state index in [-0.39, 0.29) is 29.7 Å². The minimum absolute atomic E-state index is 0.0257. The molecule has 14 nitrogen and oxygen atoms in total. The van der Waals surface area contributed by atoms with Crippen molar-refractivity contribution in [2.75, 3.05) is 38.4 Å². The molecule has 220 valence electrons. The molecule has 2 aliphatic rings. The number of thioether (sulfide) groups is 1. The molecule has 3 atom stereocenters. The number of nitrogen functional groups attached to an aromatic ring is 1. The molecule has 1 saturated heterocycles. The van der Waals surface area contributed by atoms with E-state index in [0.717, 1.165) is 11.3 Å². The second-order valence-corrected chi connectivity index (χ2v) is 11.5. The van der Waals surface area contributed by atoms with E-state index in [1.54, 1.807) is 13.8 Å². The number of fused-ring (bicyclic) bond motifs is 1. The first-order valence-corrected chi connectivity index (χ1v) is 14.3. The lowest BCUT2D eigenvalue weighted by Gasteiger charge is -2.49. The fraction of sp³-hybridized carbons (Fsp3) is 0.583. The van der Waals surface area contributed by atoms with Gasteiger partial charge in [-0.05, 0) is 25.8 Å². The molecule has 0 bridgehead atoms. The van der Waals surface area contributed by atoms with Gasteiger partial charge in [-0.2, -0.15) is 0 Å². The summed E-state index contributed by atoms with van der Waals surface area (Å²) in [5.74, 6) is -2.54. The van der Waals surface area contributed by atoms with Gasteiger partial charge in [0.05, 0.1) is 25.2 Å². The molecule has 0 aliphatic carbocycles. The van der Waals surface area contributed by atoms with Crippen molar-refractivity contribution in [2.45, 2.75) is 51.8 Å². The number of amides is 2. The third kappa shape index (κ3) is 6.92. The van der Waals surface area contributed by atoms with Gasteiger partial charge in [0.25, 0.3) is 11.8 Å². The van der Waals surface area contributed by atoms with E-state index in [4.69, 9.17) is 24.7 Å². The summed E-state index contributed by atoms with van der Waals surface area (Å²) in [5, 5.41) is 15.9. The Labute approximate surface area is 239 Å². The molecule has 3 rings (SSSR count). The average Bonchev–Trinajstić information content (AvgIpc) is 3.34. The molecule has 1 fully saturated rings. The predicted molar refractivity (Wildman–Crippen MR) is 145 cm³/mol. The van der Waals surface area contributed by atoms with Crippen LogP contribution in [0.1, 0.15) is 39.8 Å². The maximum absolute atomic E-state index is 13.3. The number of esters is 2. The van der Waals surface area contributed by atoms with Crippen LogP contribution in [0.25, 0.3) is 0 Å². The van der Waals surface area contributed by atoms with Gasteiger partial charge in [0.2, 0.25) is 6.29 Å². The summed E-state index contributed by atoms with van der Waals surface area (Å²) in [6, 6.07) is -1.02. The first-order valence-electron chi connectivity index (χ1n) is 12.3. The molecule has 2 aliphatic heterocycles. The Bertz CT molecular complexity index is 1200. The zero-order valence-corrected chi connectivity index (χ0v) is 24.4. The molecular formula is C24H33N5O9S2. The number of nitrogens with one attached hydrogen (secondary N) is 1. The zero-order chi connectivity index (χ0) is 29.6. The number of carbonyl (C=O) groups is 4. The van der Waals surface area contributed by atoms with Crippen molar-refractivity contribution in [3.05, 3.63) is 22.3 Å². The molecule has 16 heteroatoms. The van der Waals surface area contributed by atoms with E-state index in [1.165, 1.54) is 36.1 Å². The summed E-state index contributed by atoms with van der Waals surface area (Å²) in [6.07, 6.45) is -0.698. The van der Waals surface area contributed by atoms with Gasteiger partial charge < -0.3 is 35.2 Å². The third-order valence-electron chi connectivity index (χ3n) is 6.30. The number of methoxy groups -OCH3 is 1. The standard InChI is InChI=1S/C24H33N5O9S2/c1-6-24(3,4)22(33)38-12(2)37-21(32)17-13(9-36-8-7-35-5)10-39-20-16(19(31)29(17)20)27-18(30)15(28-34)14-11-40-23(25)26-14/h11-12,16,20,34H,6-10H2,1-5H3,(H2,25,26)(H,27,30)/b28-15-/t12?,16?,20-/m1/s1. The number of anilines is 1. The number of rotatable bonds is 13. The highest BCUT2D eigenvalue weighted by molar-refractivity contribution is 8.00. The van der Waals surface area contributed by atoms with Gasteiger partial charge in [0.1, 0.15) is 22.8 Å². The first kappa shape index (κ1) is 31.3. The topological polar surface area (TPSA) is 192 Å². The van der Waals surface area contributed by atoms with Crippen LogP contribution < -0.4 is 11.1 Å². The number of nitrogens with two attached hydrogens (primary N) is 1.